The van der Waals surface area contributed by atoms with Gasteiger partial charge in [0.25, 0.3) is 0 Å². The lowest BCUT2D eigenvalue weighted by molar-refractivity contribution is 0.176. The number of carbonyl (C=O) groups is 1. The Morgan fingerprint density at radius 2 is 2.22 bits per heavy atom. The fourth-order valence-electron chi connectivity index (χ4n) is 1.62. The van der Waals surface area contributed by atoms with Crippen molar-refractivity contribution in [2.45, 2.75) is 27.2 Å². The minimum absolute atomic E-state index is 0.0431. The van der Waals surface area contributed by atoms with Crippen molar-refractivity contribution in [3.63, 3.8) is 0 Å². The van der Waals surface area contributed by atoms with E-state index >= 15 is 0 Å². The van der Waals surface area contributed by atoms with E-state index in [2.05, 4.69) is 26.1 Å². The van der Waals surface area contributed by atoms with Gasteiger partial charge in [0, 0.05) is 25.1 Å². The Kier molecular flexibility index (Phi) is 5.62. The molecule has 2 N–H and O–H groups in total. The van der Waals surface area contributed by atoms with Crippen LogP contribution in [0.1, 0.15) is 27.2 Å². The van der Waals surface area contributed by atoms with Gasteiger partial charge < -0.3 is 15.3 Å². The fraction of sp³-hybridized carbons (Fsp3) is 0.615. The van der Waals surface area contributed by atoms with Crippen molar-refractivity contribution < 1.29 is 9.90 Å². The largest absolute Gasteiger partial charge is 0.396 e. The Labute approximate surface area is 113 Å². The van der Waals surface area contributed by atoms with Crippen molar-refractivity contribution in [1.82, 2.24) is 4.90 Å². The van der Waals surface area contributed by atoms with E-state index in [0.717, 1.165) is 5.69 Å². The third kappa shape index (κ3) is 5.51. The molecule has 1 aromatic rings. The summed E-state index contributed by atoms with van der Waals surface area (Å²) in [6.07, 6.45) is 0.604. The number of amides is 2. The summed E-state index contributed by atoms with van der Waals surface area (Å²) in [5.41, 5.74) is 0.870. The molecule has 2 amide bonds. The highest BCUT2D eigenvalue weighted by Crippen LogP contribution is 2.17. The number of nitrogens with zero attached hydrogens (tertiary/aromatic N) is 1. The maximum atomic E-state index is 12.1. The molecule has 0 saturated carbocycles. The van der Waals surface area contributed by atoms with E-state index in [0.29, 0.717) is 19.5 Å². The summed E-state index contributed by atoms with van der Waals surface area (Å²) in [7, 11) is 0. The van der Waals surface area contributed by atoms with Crippen LogP contribution in [-0.2, 0) is 0 Å². The second-order valence-electron chi connectivity index (χ2n) is 5.50. The molecule has 0 aliphatic heterocycles. The molecular formula is C13H22N2O2S. The maximum absolute atomic E-state index is 12.1. The monoisotopic (exact) mass is 270 g/mol. The molecule has 0 aliphatic carbocycles. The molecule has 0 atom stereocenters. The highest BCUT2D eigenvalue weighted by molar-refractivity contribution is 7.08. The summed E-state index contributed by atoms with van der Waals surface area (Å²) < 4.78 is 0. The molecule has 18 heavy (non-hydrogen) atoms. The minimum Gasteiger partial charge on any atom is -0.396 e. The molecule has 0 aliphatic rings. The number of anilines is 1. The number of nitrogens with one attached hydrogen (secondary N) is 1. The first kappa shape index (κ1) is 15.0. The van der Waals surface area contributed by atoms with Crippen LogP contribution in [0.2, 0.25) is 0 Å². The van der Waals surface area contributed by atoms with Crippen LogP contribution >= 0.6 is 11.3 Å². The van der Waals surface area contributed by atoms with Crippen molar-refractivity contribution in [2.24, 2.45) is 5.41 Å². The lowest BCUT2D eigenvalue weighted by Crippen LogP contribution is -2.41. The lowest BCUT2D eigenvalue weighted by Gasteiger charge is -2.30. The molecule has 1 heterocycles. The Balaban J connectivity index is 2.60. The van der Waals surface area contributed by atoms with Crippen LogP contribution in [0.3, 0.4) is 0 Å². The number of carbonyl (C=O) groups excluding carboxylic acids is 1. The van der Waals surface area contributed by atoms with Gasteiger partial charge in [-0.05, 0) is 23.3 Å². The van der Waals surface area contributed by atoms with Gasteiger partial charge in [0.2, 0.25) is 0 Å². The minimum atomic E-state index is -0.100. The average molecular weight is 270 g/mol. The van der Waals surface area contributed by atoms with Gasteiger partial charge >= 0.3 is 6.03 Å². The van der Waals surface area contributed by atoms with Crippen LogP contribution in [-0.4, -0.2) is 35.7 Å². The Morgan fingerprint density at radius 1 is 1.50 bits per heavy atom. The summed E-state index contributed by atoms with van der Waals surface area (Å²) in [4.78, 5) is 13.9. The highest BCUT2D eigenvalue weighted by atomic mass is 32.1. The molecule has 0 spiro atoms. The number of rotatable bonds is 5. The van der Waals surface area contributed by atoms with Gasteiger partial charge in [-0.15, -0.1) is 0 Å². The first-order valence-corrected chi connectivity index (χ1v) is 7.05. The molecule has 0 fully saturated rings. The molecule has 1 rings (SSSR count). The van der Waals surface area contributed by atoms with E-state index in [9.17, 15) is 4.79 Å². The number of aliphatic hydroxyl groups is 1. The van der Waals surface area contributed by atoms with Gasteiger partial charge in [-0.3, -0.25) is 0 Å². The maximum Gasteiger partial charge on any atom is 0.321 e. The number of hydrogen-bond acceptors (Lipinski definition) is 3. The first-order chi connectivity index (χ1) is 8.42. The predicted molar refractivity (Wildman–Crippen MR) is 76.1 cm³/mol. The third-order valence-electron chi connectivity index (χ3n) is 2.31. The van der Waals surface area contributed by atoms with E-state index in [1.54, 1.807) is 16.2 Å². The van der Waals surface area contributed by atoms with Crippen molar-refractivity contribution >= 4 is 23.1 Å². The van der Waals surface area contributed by atoms with Crippen LogP contribution in [0.15, 0.2) is 16.8 Å². The number of thiophene rings is 1. The fourth-order valence-corrected chi connectivity index (χ4v) is 2.21. The molecular weight excluding hydrogens is 248 g/mol. The van der Waals surface area contributed by atoms with Crippen LogP contribution in [0, 0.1) is 5.41 Å². The van der Waals surface area contributed by atoms with Gasteiger partial charge in [0.1, 0.15) is 0 Å². The molecule has 4 nitrogen and oxygen atoms in total. The Bertz CT molecular complexity index is 358. The summed E-state index contributed by atoms with van der Waals surface area (Å²) in [6.45, 7) is 7.63. The summed E-state index contributed by atoms with van der Waals surface area (Å²) in [5, 5.41) is 15.6. The van der Waals surface area contributed by atoms with E-state index in [1.165, 1.54) is 0 Å². The third-order valence-corrected chi connectivity index (χ3v) is 2.99. The Hall–Kier alpha value is -1.07. The van der Waals surface area contributed by atoms with E-state index < -0.39 is 0 Å². The van der Waals surface area contributed by atoms with Crippen molar-refractivity contribution in [3.8, 4) is 0 Å². The van der Waals surface area contributed by atoms with Crippen molar-refractivity contribution in [1.29, 1.82) is 0 Å². The van der Waals surface area contributed by atoms with E-state index in [-0.39, 0.29) is 18.1 Å². The predicted octanol–water partition coefficient (Wildman–Crippen LogP) is 3.01. The van der Waals surface area contributed by atoms with Crippen LogP contribution in [0.25, 0.3) is 0 Å². The van der Waals surface area contributed by atoms with Gasteiger partial charge in [0.15, 0.2) is 0 Å². The molecule has 0 bridgehead atoms. The van der Waals surface area contributed by atoms with Crippen LogP contribution < -0.4 is 5.32 Å². The van der Waals surface area contributed by atoms with Crippen molar-refractivity contribution in [3.05, 3.63) is 16.8 Å². The molecule has 0 aromatic carbocycles. The number of urea groups is 1. The van der Waals surface area contributed by atoms with Gasteiger partial charge in [-0.25, -0.2) is 4.79 Å². The topological polar surface area (TPSA) is 52.6 Å². The second kappa shape index (κ2) is 6.75. The molecule has 102 valence electrons. The SMILES string of the molecule is CC(C)(C)CN(CCCO)C(=O)Nc1ccsc1. The lowest BCUT2D eigenvalue weighted by atomic mass is 9.96. The first-order valence-electron chi connectivity index (χ1n) is 6.11. The standard InChI is InChI=1S/C13H22N2O2S/c1-13(2,3)10-15(6-4-7-16)12(17)14-11-5-8-18-9-11/h5,8-9,16H,4,6-7,10H2,1-3H3,(H,14,17). The summed E-state index contributed by atoms with van der Waals surface area (Å²) in [5.74, 6) is 0. The Morgan fingerprint density at radius 3 is 2.72 bits per heavy atom. The van der Waals surface area contributed by atoms with Crippen LogP contribution in [0.5, 0.6) is 0 Å². The van der Waals surface area contributed by atoms with Gasteiger partial charge in [-0.1, -0.05) is 20.8 Å². The zero-order chi connectivity index (χ0) is 13.6. The average Bonchev–Trinajstić information content (AvgIpc) is 2.75. The normalized spacial score (nSPS) is 11.3. The highest BCUT2D eigenvalue weighted by Gasteiger charge is 2.20. The number of hydrogen-bond donors (Lipinski definition) is 2. The zero-order valence-corrected chi connectivity index (χ0v) is 12.1. The summed E-state index contributed by atoms with van der Waals surface area (Å²) >= 11 is 1.55. The van der Waals surface area contributed by atoms with Crippen LogP contribution in [0.4, 0.5) is 10.5 Å². The van der Waals surface area contributed by atoms with E-state index in [1.807, 2.05) is 16.8 Å². The molecule has 0 unspecified atom stereocenters. The quantitative estimate of drug-likeness (QED) is 0.864. The van der Waals surface area contributed by atoms with Gasteiger partial charge in [-0.2, -0.15) is 11.3 Å². The zero-order valence-electron chi connectivity index (χ0n) is 11.3. The van der Waals surface area contributed by atoms with Crippen molar-refractivity contribution in [2.75, 3.05) is 25.0 Å². The smallest absolute Gasteiger partial charge is 0.321 e. The number of aliphatic hydroxyl groups excluding tert-OH is 1. The summed E-state index contributed by atoms with van der Waals surface area (Å²) in [6, 6.07) is 1.78. The second-order valence-corrected chi connectivity index (χ2v) is 6.28. The molecule has 1 aromatic heterocycles. The molecule has 5 heteroatoms. The van der Waals surface area contributed by atoms with Gasteiger partial charge in [0.05, 0.1) is 5.69 Å². The molecule has 0 saturated heterocycles. The van der Waals surface area contributed by atoms with E-state index in [4.69, 9.17) is 5.11 Å². The molecule has 0 radical (unpaired) electrons.